The van der Waals surface area contributed by atoms with E-state index in [-0.39, 0.29) is 0 Å². The molecule has 0 bridgehead atoms. The highest BCUT2D eigenvalue weighted by Crippen LogP contribution is 2.25. The highest BCUT2D eigenvalue weighted by atomic mass is 19.1. The zero-order valence-electron chi connectivity index (χ0n) is 10.8. The summed E-state index contributed by atoms with van der Waals surface area (Å²) in [5.41, 5.74) is 0.826. The number of carbonyl (C=O) groups is 2. The number of benzene rings is 1. The third-order valence-corrected chi connectivity index (χ3v) is 3.04. The summed E-state index contributed by atoms with van der Waals surface area (Å²) < 4.78 is 14.0. The molecule has 0 spiro atoms. The van der Waals surface area contributed by atoms with Gasteiger partial charge in [-0.2, -0.15) is 0 Å². The minimum Gasteiger partial charge on any atom is -0.478 e. The Bertz CT molecular complexity index is 551. The predicted molar refractivity (Wildman–Crippen MR) is 73.3 cm³/mol. The summed E-state index contributed by atoms with van der Waals surface area (Å²) in [5, 5.41) is 10.8. The maximum Gasteiger partial charge on any atom is 0.328 e. The number of anilines is 2. The van der Waals surface area contributed by atoms with E-state index in [0.717, 1.165) is 38.1 Å². The average molecular weight is 278 g/mol. The van der Waals surface area contributed by atoms with Crippen molar-refractivity contribution in [3.63, 3.8) is 0 Å². The Balaban J connectivity index is 2.05. The number of halogens is 1. The van der Waals surface area contributed by atoms with Crippen LogP contribution in [0.25, 0.3) is 0 Å². The Morgan fingerprint density at radius 3 is 2.55 bits per heavy atom. The van der Waals surface area contributed by atoms with E-state index in [1.807, 2.05) is 4.90 Å². The van der Waals surface area contributed by atoms with Crippen molar-refractivity contribution in [1.82, 2.24) is 0 Å². The van der Waals surface area contributed by atoms with E-state index in [4.69, 9.17) is 5.11 Å². The number of amides is 1. The van der Waals surface area contributed by atoms with Crippen molar-refractivity contribution in [2.24, 2.45) is 0 Å². The van der Waals surface area contributed by atoms with Gasteiger partial charge in [-0.1, -0.05) is 0 Å². The number of carboxylic acids is 1. The number of carboxylic acid groups (broad SMARTS) is 1. The van der Waals surface area contributed by atoms with Gasteiger partial charge in [-0.15, -0.1) is 0 Å². The van der Waals surface area contributed by atoms with Gasteiger partial charge >= 0.3 is 5.97 Å². The number of rotatable bonds is 4. The molecular formula is C14H15FN2O3. The van der Waals surface area contributed by atoms with Gasteiger partial charge in [-0.3, -0.25) is 4.79 Å². The summed E-state index contributed by atoms with van der Waals surface area (Å²) in [6, 6.07) is 4.46. The lowest BCUT2D eigenvalue weighted by atomic mass is 10.2. The molecule has 1 saturated heterocycles. The van der Waals surface area contributed by atoms with Crippen LogP contribution in [0.15, 0.2) is 30.4 Å². The Morgan fingerprint density at radius 2 is 1.95 bits per heavy atom. The molecule has 1 aliphatic heterocycles. The second-order valence-corrected chi connectivity index (χ2v) is 4.52. The molecule has 0 unspecified atom stereocenters. The quantitative estimate of drug-likeness (QED) is 0.827. The Labute approximate surface area is 115 Å². The van der Waals surface area contributed by atoms with Crippen LogP contribution in [0.1, 0.15) is 12.8 Å². The maximum atomic E-state index is 14.0. The SMILES string of the molecule is O=C(O)/C=C/C(=O)Nc1ccc(N2CCCC2)c(F)c1. The predicted octanol–water partition coefficient (Wildman–Crippen LogP) is 2.01. The summed E-state index contributed by atoms with van der Waals surface area (Å²) in [7, 11) is 0. The van der Waals surface area contributed by atoms with Gasteiger partial charge in [0.25, 0.3) is 0 Å². The number of hydrogen-bond donors (Lipinski definition) is 2. The number of nitrogens with zero attached hydrogens (tertiary/aromatic N) is 1. The molecule has 1 aromatic carbocycles. The van der Waals surface area contributed by atoms with Crippen molar-refractivity contribution in [1.29, 1.82) is 0 Å². The monoisotopic (exact) mass is 278 g/mol. The molecule has 0 radical (unpaired) electrons. The first kappa shape index (κ1) is 14.0. The molecular weight excluding hydrogens is 263 g/mol. The van der Waals surface area contributed by atoms with Crippen molar-refractivity contribution in [3.8, 4) is 0 Å². The third-order valence-electron chi connectivity index (χ3n) is 3.04. The van der Waals surface area contributed by atoms with E-state index in [1.54, 1.807) is 12.1 Å². The summed E-state index contributed by atoms with van der Waals surface area (Å²) in [5.74, 6) is -2.22. The molecule has 0 atom stereocenters. The third kappa shape index (κ3) is 3.57. The molecule has 6 heteroatoms. The molecule has 106 valence electrons. The van der Waals surface area contributed by atoms with Gasteiger partial charge in [0.15, 0.2) is 0 Å². The molecule has 1 fully saturated rings. The first-order chi connectivity index (χ1) is 9.56. The van der Waals surface area contributed by atoms with Gasteiger partial charge in [-0.25, -0.2) is 9.18 Å². The standard InChI is InChI=1S/C14H15FN2O3/c15-11-9-10(16-13(18)5-6-14(19)20)3-4-12(11)17-7-1-2-8-17/h3-6,9H,1-2,7-8H2,(H,16,18)(H,19,20)/b6-5+. The highest BCUT2D eigenvalue weighted by molar-refractivity contribution is 6.02. The second kappa shape index (κ2) is 6.18. The van der Waals surface area contributed by atoms with E-state index in [2.05, 4.69) is 5.32 Å². The number of aliphatic carboxylic acids is 1. The first-order valence-electron chi connectivity index (χ1n) is 6.33. The van der Waals surface area contributed by atoms with E-state index < -0.39 is 17.7 Å². The molecule has 0 aliphatic carbocycles. The van der Waals surface area contributed by atoms with Crippen LogP contribution in [0, 0.1) is 5.82 Å². The van der Waals surface area contributed by atoms with Crippen LogP contribution in [0.5, 0.6) is 0 Å². The molecule has 5 nitrogen and oxygen atoms in total. The lowest BCUT2D eigenvalue weighted by Gasteiger charge is -2.18. The molecule has 2 rings (SSSR count). The zero-order valence-corrected chi connectivity index (χ0v) is 10.8. The second-order valence-electron chi connectivity index (χ2n) is 4.52. The molecule has 2 N–H and O–H groups in total. The summed E-state index contributed by atoms with van der Waals surface area (Å²) in [6.45, 7) is 1.67. The van der Waals surface area contributed by atoms with Crippen LogP contribution < -0.4 is 10.2 Å². The van der Waals surface area contributed by atoms with Gasteiger partial charge in [0, 0.05) is 30.9 Å². The van der Waals surface area contributed by atoms with Gasteiger partial charge in [0.2, 0.25) is 5.91 Å². The number of carbonyl (C=O) groups excluding carboxylic acids is 1. The Morgan fingerprint density at radius 1 is 1.25 bits per heavy atom. The average Bonchev–Trinajstić information content (AvgIpc) is 2.90. The van der Waals surface area contributed by atoms with Crippen LogP contribution in [0.2, 0.25) is 0 Å². The van der Waals surface area contributed by atoms with Gasteiger partial charge in [0.05, 0.1) is 5.69 Å². The fourth-order valence-electron chi connectivity index (χ4n) is 2.13. The van der Waals surface area contributed by atoms with Crippen molar-refractivity contribution < 1.29 is 19.1 Å². The minimum atomic E-state index is -1.21. The molecule has 1 amide bonds. The zero-order chi connectivity index (χ0) is 14.5. The van der Waals surface area contributed by atoms with E-state index in [0.29, 0.717) is 11.4 Å². The van der Waals surface area contributed by atoms with Crippen molar-refractivity contribution in [3.05, 3.63) is 36.2 Å². The molecule has 1 heterocycles. The molecule has 0 saturated carbocycles. The molecule has 1 aromatic rings. The van der Waals surface area contributed by atoms with Crippen molar-refractivity contribution in [2.75, 3.05) is 23.3 Å². The lowest BCUT2D eigenvalue weighted by Crippen LogP contribution is -2.19. The minimum absolute atomic E-state index is 0.297. The summed E-state index contributed by atoms with van der Waals surface area (Å²) >= 11 is 0. The van der Waals surface area contributed by atoms with Crippen LogP contribution in [0.3, 0.4) is 0 Å². The maximum absolute atomic E-state index is 14.0. The van der Waals surface area contributed by atoms with Crippen molar-refractivity contribution >= 4 is 23.3 Å². The smallest absolute Gasteiger partial charge is 0.328 e. The van der Waals surface area contributed by atoms with E-state index >= 15 is 0 Å². The number of hydrogen-bond acceptors (Lipinski definition) is 3. The number of nitrogens with one attached hydrogen (secondary N) is 1. The Hall–Kier alpha value is -2.37. The topological polar surface area (TPSA) is 69.6 Å². The van der Waals surface area contributed by atoms with Crippen LogP contribution in [0.4, 0.5) is 15.8 Å². The fourth-order valence-corrected chi connectivity index (χ4v) is 2.13. The van der Waals surface area contributed by atoms with E-state index in [9.17, 15) is 14.0 Å². The molecule has 20 heavy (non-hydrogen) atoms. The highest BCUT2D eigenvalue weighted by Gasteiger charge is 2.16. The van der Waals surface area contributed by atoms with Gasteiger partial charge < -0.3 is 15.3 Å². The summed E-state index contributed by atoms with van der Waals surface area (Å²) in [4.78, 5) is 23.6. The van der Waals surface area contributed by atoms with Crippen LogP contribution >= 0.6 is 0 Å². The van der Waals surface area contributed by atoms with Crippen molar-refractivity contribution in [2.45, 2.75) is 12.8 Å². The first-order valence-corrected chi connectivity index (χ1v) is 6.33. The van der Waals surface area contributed by atoms with Gasteiger partial charge in [0.1, 0.15) is 5.82 Å². The largest absolute Gasteiger partial charge is 0.478 e. The van der Waals surface area contributed by atoms with Crippen LogP contribution in [-0.4, -0.2) is 30.1 Å². The fraction of sp³-hybridized carbons (Fsp3) is 0.286. The molecule has 1 aliphatic rings. The van der Waals surface area contributed by atoms with E-state index in [1.165, 1.54) is 6.07 Å². The van der Waals surface area contributed by atoms with Crippen LogP contribution in [-0.2, 0) is 9.59 Å². The van der Waals surface area contributed by atoms with Gasteiger partial charge in [-0.05, 0) is 31.0 Å². The summed E-state index contributed by atoms with van der Waals surface area (Å²) in [6.07, 6.45) is 3.72. The molecule has 0 aromatic heterocycles. The Kier molecular flexibility index (Phi) is 4.34. The normalized spacial score (nSPS) is 14.8. The lowest BCUT2D eigenvalue weighted by molar-refractivity contribution is -0.131.